The molecule has 0 amide bonds. The minimum atomic E-state index is -0.417. The Morgan fingerprint density at radius 3 is 2.52 bits per heavy atom. The highest BCUT2D eigenvalue weighted by atomic mass is 16.6. The summed E-state index contributed by atoms with van der Waals surface area (Å²) in [6.45, 7) is 6.13. The molecule has 7 nitrogen and oxygen atoms in total. The average molecular weight is 293 g/mol. The summed E-state index contributed by atoms with van der Waals surface area (Å²) in [5, 5.41) is 10.6. The fraction of sp³-hybridized carbons (Fsp3) is 0.643. The van der Waals surface area contributed by atoms with Crippen LogP contribution in [0.1, 0.15) is 6.42 Å². The first-order chi connectivity index (χ1) is 10.1. The first kappa shape index (κ1) is 15.7. The minimum Gasteiger partial charge on any atom is -0.354 e. The smallest absolute Gasteiger partial charge is 0.287 e. The molecular weight excluding hydrogens is 270 g/mol. The van der Waals surface area contributed by atoms with Gasteiger partial charge in [-0.1, -0.05) is 0 Å². The molecule has 2 rings (SSSR count). The zero-order chi connectivity index (χ0) is 15.2. The van der Waals surface area contributed by atoms with Gasteiger partial charge >= 0.3 is 0 Å². The Kier molecular flexibility index (Phi) is 5.46. The minimum absolute atomic E-state index is 0.0427. The van der Waals surface area contributed by atoms with Gasteiger partial charge in [-0.3, -0.25) is 15.0 Å². The molecule has 0 aromatic carbocycles. The van der Waals surface area contributed by atoms with Gasteiger partial charge in [-0.2, -0.15) is 0 Å². The normalized spacial score (nSPS) is 16.4. The van der Waals surface area contributed by atoms with Crippen molar-refractivity contribution < 1.29 is 4.92 Å². The molecule has 21 heavy (non-hydrogen) atoms. The van der Waals surface area contributed by atoms with Gasteiger partial charge in [-0.15, -0.1) is 0 Å². The molecule has 0 spiro atoms. The molecule has 1 aliphatic heterocycles. The maximum absolute atomic E-state index is 10.6. The molecule has 1 aromatic rings. The largest absolute Gasteiger partial charge is 0.354 e. The number of hydrogen-bond acceptors (Lipinski definition) is 6. The van der Waals surface area contributed by atoms with Crippen molar-refractivity contribution in [3.8, 4) is 0 Å². The third-order valence-electron chi connectivity index (χ3n) is 3.72. The van der Waals surface area contributed by atoms with E-state index in [-0.39, 0.29) is 5.69 Å². The summed E-state index contributed by atoms with van der Waals surface area (Å²) in [4.78, 5) is 21.3. The molecule has 0 unspecified atom stereocenters. The molecule has 0 bridgehead atoms. The monoisotopic (exact) mass is 293 g/mol. The Hall–Kier alpha value is -1.73. The summed E-state index contributed by atoms with van der Waals surface area (Å²) >= 11 is 0. The van der Waals surface area contributed by atoms with Crippen molar-refractivity contribution in [2.24, 2.45) is 0 Å². The van der Waals surface area contributed by atoms with E-state index >= 15 is 0 Å². The van der Waals surface area contributed by atoms with Gasteiger partial charge in [0.25, 0.3) is 5.69 Å². The number of piperazine rings is 1. The maximum atomic E-state index is 10.6. The zero-order valence-electron chi connectivity index (χ0n) is 12.7. The Bertz CT molecular complexity index is 455. The van der Waals surface area contributed by atoms with Crippen molar-refractivity contribution in [1.29, 1.82) is 0 Å². The molecule has 2 heterocycles. The molecule has 0 aliphatic carbocycles. The molecule has 1 fully saturated rings. The Morgan fingerprint density at radius 2 is 2.00 bits per heavy atom. The fourth-order valence-electron chi connectivity index (χ4n) is 2.48. The van der Waals surface area contributed by atoms with Crippen molar-refractivity contribution in [3.05, 3.63) is 28.4 Å². The van der Waals surface area contributed by atoms with Crippen LogP contribution >= 0.6 is 0 Å². The average Bonchev–Trinajstić information content (AvgIpc) is 2.48. The summed E-state index contributed by atoms with van der Waals surface area (Å²) in [5.74, 6) is 0.827. The molecule has 0 atom stereocenters. The van der Waals surface area contributed by atoms with Crippen molar-refractivity contribution >= 4 is 11.5 Å². The lowest BCUT2D eigenvalue weighted by Crippen LogP contribution is -2.47. The number of hydrogen-bond donors (Lipinski definition) is 0. The topological polar surface area (TPSA) is 65.8 Å². The van der Waals surface area contributed by atoms with E-state index in [1.54, 1.807) is 6.07 Å². The molecule has 7 heteroatoms. The van der Waals surface area contributed by atoms with Crippen LogP contribution in [0.5, 0.6) is 0 Å². The number of nitrogens with zero attached hydrogens (tertiary/aromatic N) is 5. The van der Waals surface area contributed by atoms with Crippen LogP contribution in [0.25, 0.3) is 0 Å². The molecule has 0 saturated carbocycles. The Balaban J connectivity index is 1.79. The van der Waals surface area contributed by atoms with Gasteiger partial charge in [0.2, 0.25) is 0 Å². The lowest BCUT2D eigenvalue weighted by Gasteiger charge is -2.35. The van der Waals surface area contributed by atoms with E-state index in [1.165, 1.54) is 18.7 Å². The van der Waals surface area contributed by atoms with Crippen LogP contribution < -0.4 is 4.90 Å². The van der Waals surface area contributed by atoms with Crippen LogP contribution in [0.4, 0.5) is 11.5 Å². The molecular formula is C14H23N5O2. The predicted octanol–water partition coefficient (Wildman–Crippen LogP) is 1.06. The van der Waals surface area contributed by atoms with E-state index < -0.39 is 4.92 Å². The highest BCUT2D eigenvalue weighted by Crippen LogP contribution is 2.17. The quantitative estimate of drug-likeness (QED) is 0.577. The van der Waals surface area contributed by atoms with Crippen LogP contribution in [-0.2, 0) is 0 Å². The fourth-order valence-corrected chi connectivity index (χ4v) is 2.48. The third-order valence-corrected chi connectivity index (χ3v) is 3.72. The van der Waals surface area contributed by atoms with Crippen LogP contribution in [0.2, 0.25) is 0 Å². The van der Waals surface area contributed by atoms with Crippen molar-refractivity contribution in [2.45, 2.75) is 6.42 Å². The number of pyridine rings is 1. The van der Waals surface area contributed by atoms with Crippen LogP contribution in [0, 0.1) is 10.1 Å². The summed E-state index contributed by atoms with van der Waals surface area (Å²) in [5.41, 5.74) is 0.0427. The SMILES string of the molecule is CN(C)CCCN1CCN(c2ccc([N+](=O)[O-])cn2)CC1. The van der Waals surface area contributed by atoms with Crippen molar-refractivity contribution in [2.75, 3.05) is 58.3 Å². The van der Waals surface area contributed by atoms with Gasteiger partial charge in [0.15, 0.2) is 0 Å². The highest BCUT2D eigenvalue weighted by molar-refractivity contribution is 5.43. The van der Waals surface area contributed by atoms with Gasteiger partial charge in [0, 0.05) is 32.2 Å². The van der Waals surface area contributed by atoms with E-state index in [1.807, 2.05) is 0 Å². The number of anilines is 1. The van der Waals surface area contributed by atoms with Crippen molar-refractivity contribution in [3.63, 3.8) is 0 Å². The second kappa shape index (κ2) is 7.33. The first-order valence-electron chi connectivity index (χ1n) is 7.29. The summed E-state index contributed by atoms with van der Waals surface area (Å²) in [7, 11) is 4.19. The number of nitro groups is 1. The van der Waals surface area contributed by atoms with Gasteiger partial charge in [0.1, 0.15) is 12.0 Å². The summed E-state index contributed by atoms with van der Waals surface area (Å²) in [6.07, 6.45) is 2.52. The van der Waals surface area contributed by atoms with Gasteiger partial charge in [-0.25, -0.2) is 4.98 Å². The lowest BCUT2D eigenvalue weighted by atomic mass is 10.2. The second-order valence-corrected chi connectivity index (χ2v) is 5.62. The first-order valence-corrected chi connectivity index (χ1v) is 7.29. The molecule has 0 N–H and O–H groups in total. The van der Waals surface area contributed by atoms with E-state index in [0.29, 0.717) is 0 Å². The Labute approximate surface area is 125 Å². The zero-order valence-corrected chi connectivity index (χ0v) is 12.7. The van der Waals surface area contributed by atoms with Gasteiger partial charge < -0.3 is 9.80 Å². The Morgan fingerprint density at radius 1 is 1.29 bits per heavy atom. The maximum Gasteiger partial charge on any atom is 0.287 e. The second-order valence-electron chi connectivity index (χ2n) is 5.62. The summed E-state index contributed by atoms with van der Waals surface area (Å²) < 4.78 is 0. The van der Waals surface area contributed by atoms with Gasteiger partial charge in [-0.05, 0) is 39.7 Å². The standard InChI is InChI=1S/C14H23N5O2/c1-16(2)6-3-7-17-8-10-18(11-9-17)14-5-4-13(12-15-14)19(20)21/h4-5,12H,3,6-11H2,1-2H3. The molecule has 116 valence electrons. The summed E-state index contributed by atoms with van der Waals surface area (Å²) in [6, 6.07) is 3.26. The van der Waals surface area contributed by atoms with E-state index in [9.17, 15) is 10.1 Å². The highest BCUT2D eigenvalue weighted by Gasteiger charge is 2.18. The van der Waals surface area contributed by atoms with E-state index in [0.717, 1.165) is 45.1 Å². The van der Waals surface area contributed by atoms with Crippen LogP contribution in [0.15, 0.2) is 18.3 Å². The predicted molar refractivity (Wildman–Crippen MR) is 82.7 cm³/mol. The van der Waals surface area contributed by atoms with Gasteiger partial charge in [0.05, 0.1) is 4.92 Å². The van der Waals surface area contributed by atoms with E-state index in [4.69, 9.17) is 0 Å². The lowest BCUT2D eigenvalue weighted by molar-refractivity contribution is -0.385. The van der Waals surface area contributed by atoms with E-state index in [2.05, 4.69) is 33.8 Å². The third kappa shape index (κ3) is 4.64. The molecule has 1 aromatic heterocycles. The van der Waals surface area contributed by atoms with Crippen LogP contribution in [-0.4, -0.2) is 73.1 Å². The number of rotatable bonds is 6. The molecule has 1 saturated heterocycles. The molecule has 1 aliphatic rings. The van der Waals surface area contributed by atoms with Crippen LogP contribution in [0.3, 0.4) is 0 Å². The number of aromatic nitrogens is 1. The van der Waals surface area contributed by atoms with Crippen molar-refractivity contribution in [1.82, 2.24) is 14.8 Å². The molecule has 0 radical (unpaired) electrons.